The largest absolute Gasteiger partial charge is 0.465 e. The second-order valence-electron chi connectivity index (χ2n) is 5.14. The molecule has 0 spiro atoms. The number of esters is 1. The van der Waals surface area contributed by atoms with E-state index in [-0.39, 0.29) is 19.1 Å². The van der Waals surface area contributed by atoms with Crippen LogP contribution >= 0.6 is 35.3 Å². The number of benzene rings is 1. The quantitative estimate of drug-likeness (QED) is 0.447. The van der Waals surface area contributed by atoms with Crippen LogP contribution in [0.3, 0.4) is 0 Å². The number of para-hydroxylation sites is 1. The minimum absolute atomic E-state index is 0.173. The van der Waals surface area contributed by atoms with Crippen molar-refractivity contribution in [3.63, 3.8) is 0 Å². The maximum Gasteiger partial charge on any atom is 0.326 e. The molecule has 0 bridgehead atoms. The highest BCUT2D eigenvalue weighted by Gasteiger charge is 2.33. The maximum absolute atomic E-state index is 12.5. The summed E-state index contributed by atoms with van der Waals surface area (Å²) in [4.78, 5) is 30.2. The van der Waals surface area contributed by atoms with E-state index in [1.54, 1.807) is 13.0 Å². The number of ether oxygens (including phenoxy) is 1. The number of rotatable bonds is 6. The molecule has 3 rings (SSSR count). The lowest BCUT2D eigenvalue weighted by Gasteiger charge is -2.12. The lowest BCUT2D eigenvalue weighted by molar-refractivity contribution is -0.145. The van der Waals surface area contributed by atoms with E-state index in [1.807, 2.05) is 35.7 Å². The second kappa shape index (κ2) is 8.43. The topological polar surface area (TPSA) is 71.5 Å². The van der Waals surface area contributed by atoms with Gasteiger partial charge >= 0.3 is 5.97 Å². The smallest absolute Gasteiger partial charge is 0.326 e. The fraction of sp³-hybridized carbons (Fsp3) is 0.176. The van der Waals surface area contributed by atoms with Crippen LogP contribution in [0.1, 0.15) is 12.6 Å². The molecular formula is C17H15N3O3S3. The van der Waals surface area contributed by atoms with Crippen LogP contribution in [0.25, 0.3) is 6.08 Å². The van der Waals surface area contributed by atoms with Gasteiger partial charge in [0.05, 0.1) is 17.2 Å². The van der Waals surface area contributed by atoms with E-state index < -0.39 is 5.97 Å². The van der Waals surface area contributed by atoms with E-state index in [4.69, 9.17) is 17.0 Å². The van der Waals surface area contributed by atoms with E-state index in [0.29, 0.717) is 14.9 Å². The normalized spacial score (nSPS) is 15.6. The van der Waals surface area contributed by atoms with Crippen LogP contribution in [-0.2, 0) is 14.3 Å². The molecule has 6 nitrogen and oxygen atoms in total. The zero-order chi connectivity index (χ0) is 18.5. The summed E-state index contributed by atoms with van der Waals surface area (Å²) < 4.78 is 5.21. The number of amides is 1. The number of nitrogens with zero attached hydrogens (tertiary/aromatic N) is 2. The van der Waals surface area contributed by atoms with E-state index >= 15 is 0 Å². The van der Waals surface area contributed by atoms with Crippen LogP contribution in [0, 0.1) is 0 Å². The van der Waals surface area contributed by atoms with Crippen molar-refractivity contribution in [1.82, 2.24) is 9.88 Å². The van der Waals surface area contributed by atoms with Crippen LogP contribution in [0.5, 0.6) is 0 Å². The highest BCUT2D eigenvalue weighted by molar-refractivity contribution is 8.26. The molecule has 9 heteroatoms. The van der Waals surface area contributed by atoms with Gasteiger partial charge in [0.15, 0.2) is 5.13 Å². The number of carbonyl (C=O) groups excluding carboxylic acids is 2. The Kier molecular flexibility index (Phi) is 6.02. The third-order valence-electron chi connectivity index (χ3n) is 3.29. The molecule has 2 aromatic rings. The van der Waals surface area contributed by atoms with Gasteiger partial charge in [-0.2, -0.15) is 0 Å². The summed E-state index contributed by atoms with van der Waals surface area (Å²) in [5, 5.41) is 5.78. The van der Waals surface area contributed by atoms with Gasteiger partial charge in [-0.15, -0.1) is 11.3 Å². The first-order valence-corrected chi connectivity index (χ1v) is 9.86. The van der Waals surface area contributed by atoms with Crippen molar-refractivity contribution in [2.75, 3.05) is 18.5 Å². The monoisotopic (exact) mass is 405 g/mol. The first kappa shape index (κ1) is 18.6. The first-order valence-electron chi connectivity index (χ1n) is 7.75. The van der Waals surface area contributed by atoms with Crippen molar-refractivity contribution in [2.24, 2.45) is 0 Å². The van der Waals surface area contributed by atoms with Crippen molar-refractivity contribution in [3.8, 4) is 0 Å². The summed E-state index contributed by atoms with van der Waals surface area (Å²) in [5.74, 6) is -0.785. The maximum atomic E-state index is 12.5. The molecule has 134 valence electrons. The molecule has 0 aliphatic carbocycles. The molecular weight excluding hydrogens is 390 g/mol. The predicted octanol–water partition coefficient (Wildman–Crippen LogP) is 3.65. The van der Waals surface area contributed by atoms with Gasteiger partial charge in [-0.3, -0.25) is 14.5 Å². The minimum atomic E-state index is -0.479. The summed E-state index contributed by atoms with van der Waals surface area (Å²) >= 11 is 7.79. The Labute approximate surface area is 164 Å². The van der Waals surface area contributed by atoms with Crippen molar-refractivity contribution in [2.45, 2.75) is 6.92 Å². The first-order chi connectivity index (χ1) is 12.6. The van der Waals surface area contributed by atoms with Gasteiger partial charge in [0.25, 0.3) is 5.91 Å². The predicted molar refractivity (Wildman–Crippen MR) is 108 cm³/mol. The number of anilines is 2. The number of thiocarbonyl (C=S) groups is 1. The van der Waals surface area contributed by atoms with Crippen LogP contribution < -0.4 is 5.32 Å². The molecule has 0 radical (unpaired) electrons. The third-order valence-corrected chi connectivity index (χ3v) is 5.45. The summed E-state index contributed by atoms with van der Waals surface area (Å²) in [7, 11) is 0. The number of hydrogen-bond donors (Lipinski definition) is 1. The Balaban J connectivity index is 1.69. The van der Waals surface area contributed by atoms with E-state index in [2.05, 4.69) is 10.3 Å². The Morgan fingerprint density at radius 3 is 2.88 bits per heavy atom. The van der Waals surface area contributed by atoms with Crippen molar-refractivity contribution >= 4 is 68.4 Å². The summed E-state index contributed by atoms with van der Waals surface area (Å²) in [5.41, 5.74) is 1.60. The molecule has 2 heterocycles. The minimum Gasteiger partial charge on any atom is -0.465 e. The van der Waals surface area contributed by atoms with Crippen LogP contribution in [0.15, 0.2) is 40.6 Å². The summed E-state index contributed by atoms with van der Waals surface area (Å²) in [6, 6.07) is 9.71. The standard InChI is InChI=1S/C17H15N3O3S3/c1-2-23-14(21)9-20-15(22)13(26-17(20)24)8-12-10-25-16(19-12)18-11-6-4-3-5-7-11/h3-8,10H,2,9H2,1H3,(H,18,19). The molecule has 1 amide bonds. The van der Waals surface area contributed by atoms with Crippen LogP contribution in [0.2, 0.25) is 0 Å². The molecule has 1 aromatic heterocycles. The van der Waals surface area contributed by atoms with Crippen LogP contribution in [0.4, 0.5) is 10.8 Å². The molecule has 0 unspecified atom stereocenters. The lowest BCUT2D eigenvalue weighted by Crippen LogP contribution is -2.34. The van der Waals surface area contributed by atoms with Crippen molar-refractivity contribution in [1.29, 1.82) is 0 Å². The van der Waals surface area contributed by atoms with Gasteiger partial charge < -0.3 is 10.1 Å². The Bertz CT molecular complexity index is 864. The summed E-state index contributed by atoms with van der Waals surface area (Å²) in [6.45, 7) is 1.80. The number of carbonyl (C=O) groups is 2. The molecule has 1 aromatic carbocycles. The average molecular weight is 406 g/mol. The van der Waals surface area contributed by atoms with Gasteiger partial charge in [-0.1, -0.05) is 42.2 Å². The molecule has 0 atom stereocenters. The number of hydrogen-bond acceptors (Lipinski definition) is 8. The molecule has 1 saturated heterocycles. The van der Waals surface area contributed by atoms with E-state index in [0.717, 1.165) is 22.6 Å². The summed E-state index contributed by atoms with van der Waals surface area (Å²) in [6.07, 6.45) is 1.68. The number of nitrogens with one attached hydrogen (secondary N) is 1. The number of aromatic nitrogens is 1. The van der Waals surface area contributed by atoms with Gasteiger partial charge in [0, 0.05) is 11.1 Å². The van der Waals surface area contributed by atoms with Crippen LogP contribution in [-0.4, -0.2) is 39.2 Å². The van der Waals surface area contributed by atoms with E-state index in [9.17, 15) is 9.59 Å². The molecule has 1 aliphatic rings. The Morgan fingerprint density at radius 1 is 1.38 bits per heavy atom. The lowest BCUT2D eigenvalue weighted by atomic mass is 10.3. The van der Waals surface area contributed by atoms with Gasteiger partial charge in [-0.25, -0.2) is 4.98 Å². The fourth-order valence-corrected chi connectivity index (χ4v) is 4.09. The van der Waals surface area contributed by atoms with Gasteiger partial charge in [0.2, 0.25) is 0 Å². The molecule has 1 fully saturated rings. The van der Waals surface area contributed by atoms with E-state index in [1.165, 1.54) is 16.2 Å². The van der Waals surface area contributed by atoms with Gasteiger partial charge in [-0.05, 0) is 25.1 Å². The average Bonchev–Trinajstić information content (AvgIpc) is 3.16. The Hall–Kier alpha value is -2.23. The molecule has 0 saturated carbocycles. The van der Waals surface area contributed by atoms with Crippen molar-refractivity contribution < 1.29 is 14.3 Å². The Morgan fingerprint density at radius 2 is 2.15 bits per heavy atom. The molecule has 26 heavy (non-hydrogen) atoms. The number of thiazole rings is 1. The highest BCUT2D eigenvalue weighted by Crippen LogP contribution is 2.33. The van der Waals surface area contributed by atoms with Crippen molar-refractivity contribution in [3.05, 3.63) is 46.3 Å². The molecule has 1 aliphatic heterocycles. The fourth-order valence-electron chi connectivity index (χ4n) is 2.16. The third kappa shape index (κ3) is 4.48. The second-order valence-corrected chi connectivity index (χ2v) is 7.68. The zero-order valence-corrected chi connectivity index (χ0v) is 16.2. The van der Waals surface area contributed by atoms with Gasteiger partial charge in [0.1, 0.15) is 10.9 Å². The number of thioether (sulfide) groups is 1. The highest BCUT2D eigenvalue weighted by atomic mass is 32.2. The zero-order valence-electron chi connectivity index (χ0n) is 13.8. The molecule has 1 N–H and O–H groups in total. The SMILES string of the molecule is CCOC(=O)CN1C(=O)C(=Cc2csc(Nc3ccccc3)n2)SC1=S.